The average molecular weight is 261 g/mol. The van der Waals surface area contributed by atoms with Gasteiger partial charge in [-0.25, -0.2) is 0 Å². The average Bonchev–Trinajstić information content (AvgIpc) is 2.30. The Morgan fingerprint density at radius 1 is 1.47 bits per heavy atom. The van der Waals surface area contributed by atoms with Gasteiger partial charge in [0.1, 0.15) is 0 Å². The van der Waals surface area contributed by atoms with Crippen molar-refractivity contribution in [2.45, 2.75) is 52.7 Å². The second-order valence-electron chi connectivity index (χ2n) is 6.78. The van der Waals surface area contributed by atoms with Gasteiger partial charge in [-0.2, -0.15) is 0 Å². The maximum atomic E-state index is 4.27. The fourth-order valence-corrected chi connectivity index (χ4v) is 2.90. The van der Waals surface area contributed by atoms with Crippen LogP contribution in [0.2, 0.25) is 0 Å². The molecule has 1 N–H and O–H groups in total. The third-order valence-corrected chi connectivity index (χ3v) is 4.15. The van der Waals surface area contributed by atoms with Gasteiger partial charge in [0.05, 0.1) is 0 Å². The van der Waals surface area contributed by atoms with Crippen molar-refractivity contribution in [2.24, 2.45) is 5.92 Å². The smallest absolute Gasteiger partial charge is 0.0315 e. The topological polar surface area (TPSA) is 28.2 Å². The molecule has 1 aliphatic heterocycles. The number of hydrogen-bond acceptors (Lipinski definition) is 3. The number of nitrogens with one attached hydrogen (secondary N) is 1. The summed E-state index contributed by atoms with van der Waals surface area (Å²) in [5.41, 5.74) is 2.89. The lowest BCUT2D eigenvalue weighted by Gasteiger charge is -2.46. The van der Waals surface area contributed by atoms with Crippen LogP contribution in [0.3, 0.4) is 0 Å². The zero-order valence-corrected chi connectivity index (χ0v) is 12.9. The van der Waals surface area contributed by atoms with Gasteiger partial charge in [0.15, 0.2) is 0 Å². The zero-order valence-electron chi connectivity index (χ0n) is 12.9. The maximum absolute atomic E-state index is 4.27. The van der Waals surface area contributed by atoms with E-state index < -0.39 is 0 Å². The highest BCUT2D eigenvalue weighted by molar-refractivity contribution is 5.21. The summed E-state index contributed by atoms with van der Waals surface area (Å²) in [6.07, 6.45) is 3.89. The summed E-state index contributed by atoms with van der Waals surface area (Å²) in [6, 6.07) is 2.71. The van der Waals surface area contributed by atoms with E-state index >= 15 is 0 Å². The van der Waals surface area contributed by atoms with Gasteiger partial charge in [0.25, 0.3) is 0 Å². The monoisotopic (exact) mass is 261 g/mol. The predicted octanol–water partition coefficient (Wildman–Crippen LogP) is 2.60. The number of piperazine rings is 1. The lowest BCUT2D eigenvalue weighted by Crippen LogP contribution is -2.62. The molecule has 1 atom stereocenters. The van der Waals surface area contributed by atoms with Gasteiger partial charge in [0, 0.05) is 43.6 Å². The number of aryl methyl sites for hydroxylation is 1. The highest BCUT2D eigenvalue weighted by Crippen LogP contribution is 2.23. The van der Waals surface area contributed by atoms with Crippen LogP contribution >= 0.6 is 0 Å². The van der Waals surface area contributed by atoms with Crippen LogP contribution in [0.4, 0.5) is 0 Å². The molecular weight excluding hydrogens is 234 g/mol. The zero-order chi connectivity index (χ0) is 14.0. The van der Waals surface area contributed by atoms with Gasteiger partial charge < -0.3 is 5.32 Å². The first kappa shape index (κ1) is 14.5. The Morgan fingerprint density at radius 2 is 2.21 bits per heavy atom. The van der Waals surface area contributed by atoms with E-state index in [4.69, 9.17) is 0 Å². The molecule has 0 aromatic carbocycles. The number of aromatic nitrogens is 1. The summed E-state index contributed by atoms with van der Waals surface area (Å²) in [5.74, 6) is 0.667. The molecule has 1 aliphatic rings. The summed E-state index contributed by atoms with van der Waals surface area (Å²) >= 11 is 0. The summed E-state index contributed by atoms with van der Waals surface area (Å²) in [4.78, 5) is 6.89. The minimum atomic E-state index is 0.196. The van der Waals surface area contributed by atoms with Crippen LogP contribution in [0.15, 0.2) is 18.5 Å². The van der Waals surface area contributed by atoms with E-state index in [0.29, 0.717) is 12.0 Å². The molecule has 0 aliphatic carbocycles. The SMILES string of the molecule is Cc1ccncc1CN1CC(C)(C)NCC1C(C)C. The van der Waals surface area contributed by atoms with Crippen molar-refractivity contribution in [3.05, 3.63) is 29.6 Å². The lowest BCUT2D eigenvalue weighted by molar-refractivity contribution is 0.0625. The minimum absolute atomic E-state index is 0.196. The first-order chi connectivity index (χ1) is 8.89. The van der Waals surface area contributed by atoms with E-state index in [-0.39, 0.29) is 5.54 Å². The van der Waals surface area contributed by atoms with Crippen molar-refractivity contribution in [1.82, 2.24) is 15.2 Å². The molecule has 0 spiro atoms. The van der Waals surface area contributed by atoms with Gasteiger partial charge >= 0.3 is 0 Å². The van der Waals surface area contributed by atoms with Crippen LogP contribution in [-0.2, 0) is 6.54 Å². The van der Waals surface area contributed by atoms with Crippen molar-refractivity contribution < 1.29 is 0 Å². The van der Waals surface area contributed by atoms with Crippen LogP contribution in [0, 0.1) is 12.8 Å². The van der Waals surface area contributed by atoms with E-state index in [2.05, 4.69) is 55.9 Å². The van der Waals surface area contributed by atoms with Gasteiger partial charge in [0.2, 0.25) is 0 Å². The Balaban J connectivity index is 2.16. The normalized spacial score (nSPS) is 23.8. The Kier molecular flexibility index (Phi) is 4.26. The van der Waals surface area contributed by atoms with Crippen molar-refractivity contribution >= 4 is 0 Å². The first-order valence-electron chi connectivity index (χ1n) is 7.27. The molecule has 3 heteroatoms. The Bertz CT molecular complexity index is 426. The van der Waals surface area contributed by atoms with Crippen LogP contribution in [-0.4, -0.2) is 34.6 Å². The fraction of sp³-hybridized carbons (Fsp3) is 0.688. The van der Waals surface area contributed by atoms with E-state index in [0.717, 1.165) is 19.6 Å². The molecule has 1 aromatic rings. The molecule has 106 valence electrons. The van der Waals surface area contributed by atoms with Crippen molar-refractivity contribution in [3.8, 4) is 0 Å². The summed E-state index contributed by atoms with van der Waals surface area (Å²) in [7, 11) is 0. The van der Waals surface area contributed by atoms with Crippen LogP contribution < -0.4 is 5.32 Å². The quantitative estimate of drug-likeness (QED) is 0.906. The Morgan fingerprint density at radius 3 is 2.84 bits per heavy atom. The minimum Gasteiger partial charge on any atom is -0.309 e. The molecular formula is C16H27N3. The summed E-state index contributed by atoms with van der Waals surface area (Å²) in [6.45, 7) is 14.5. The Hall–Kier alpha value is -0.930. The van der Waals surface area contributed by atoms with E-state index in [1.807, 2.05) is 12.4 Å². The van der Waals surface area contributed by atoms with Gasteiger partial charge in [-0.1, -0.05) is 13.8 Å². The standard InChI is InChI=1S/C16H27N3/c1-12(2)15-9-18-16(4,5)11-19(15)10-14-8-17-7-6-13(14)3/h6-8,12,15,18H,9-11H2,1-5H3. The molecule has 0 saturated carbocycles. The molecule has 0 bridgehead atoms. The van der Waals surface area contributed by atoms with Crippen LogP contribution in [0.25, 0.3) is 0 Å². The van der Waals surface area contributed by atoms with Crippen molar-refractivity contribution in [3.63, 3.8) is 0 Å². The second kappa shape index (κ2) is 5.59. The third kappa shape index (κ3) is 3.54. The second-order valence-corrected chi connectivity index (χ2v) is 6.78. The molecule has 2 rings (SSSR count). The molecule has 19 heavy (non-hydrogen) atoms. The molecule has 2 heterocycles. The van der Waals surface area contributed by atoms with E-state index in [1.54, 1.807) is 0 Å². The highest BCUT2D eigenvalue weighted by Gasteiger charge is 2.33. The number of nitrogens with zero attached hydrogens (tertiary/aromatic N) is 2. The molecule has 3 nitrogen and oxygen atoms in total. The molecule has 1 aromatic heterocycles. The number of rotatable bonds is 3. The number of pyridine rings is 1. The molecule has 1 saturated heterocycles. The van der Waals surface area contributed by atoms with Crippen molar-refractivity contribution in [2.75, 3.05) is 13.1 Å². The molecule has 1 fully saturated rings. The Labute approximate surface area is 117 Å². The fourth-order valence-electron chi connectivity index (χ4n) is 2.90. The first-order valence-corrected chi connectivity index (χ1v) is 7.27. The van der Waals surface area contributed by atoms with Crippen LogP contribution in [0.1, 0.15) is 38.8 Å². The van der Waals surface area contributed by atoms with E-state index in [9.17, 15) is 0 Å². The molecule has 0 amide bonds. The third-order valence-electron chi connectivity index (χ3n) is 4.15. The summed E-state index contributed by atoms with van der Waals surface area (Å²) < 4.78 is 0. The maximum Gasteiger partial charge on any atom is 0.0315 e. The van der Waals surface area contributed by atoms with Crippen LogP contribution in [0.5, 0.6) is 0 Å². The number of hydrogen-bond donors (Lipinski definition) is 1. The van der Waals surface area contributed by atoms with Gasteiger partial charge in [-0.05, 0) is 43.9 Å². The van der Waals surface area contributed by atoms with Crippen molar-refractivity contribution in [1.29, 1.82) is 0 Å². The summed E-state index contributed by atoms with van der Waals surface area (Å²) in [5, 5.41) is 3.66. The molecule has 1 unspecified atom stereocenters. The van der Waals surface area contributed by atoms with E-state index in [1.165, 1.54) is 11.1 Å². The van der Waals surface area contributed by atoms with Gasteiger partial charge in [-0.15, -0.1) is 0 Å². The van der Waals surface area contributed by atoms with Gasteiger partial charge in [-0.3, -0.25) is 9.88 Å². The predicted molar refractivity (Wildman–Crippen MR) is 80.1 cm³/mol. The molecule has 0 radical (unpaired) electrons. The highest BCUT2D eigenvalue weighted by atomic mass is 15.2. The largest absolute Gasteiger partial charge is 0.309 e. The lowest BCUT2D eigenvalue weighted by atomic mass is 9.92.